The van der Waals surface area contributed by atoms with Crippen molar-refractivity contribution >= 4 is 21.9 Å². The van der Waals surface area contributed by atoms with E-state index >= 15 is 0 Å². The number of pyridine rings is 1. The third kappa shape index (κ3) is 2.75. The number of hydrogen-bond donors (Lipinski definition) is 0. The first-order chi connectivity index (χ1) is 7.47. The highest BCUT2D eigenvalue weighted by molar-refractivity contribution is 9.10. The van der Waals surface area contributed by atoms with Gasteiger partial charge in [0.2, 0.25) is 0 Å². The fraction of sp³-hybridized carbons (Fsp3) is 0.400. The third-order valence-electron chi connectivity index (χ3n) is 2.19. The van der Waals surface area contributed by atoms with Gasteiger partial charge in [0.05, 0.1) is 19.2 Å². The molecule has 1 aromatic heterocycles. The molecule has 0 amide bonds. The highest BCUT2D eigenvalue weighted by atomic mass is 79.9. The Hall–Kier alpha value is -1.04. The van der Waals surface area contributed by atoms with E-state index in [2.05, 4.69) is 25.7 Å². The molecule has 0 fully saturated rings. The number of hydrogen-bond acceptors (Lipinski definition) is 3. The van der Waals surface area contributed by atoms with E-state index in [-0.39, 0.29) is 16.5 Å². The zero-order valence-corrected chi connectivity index (χ0v) is 10.3. The summed E-state index contributed by atoms with van der Waals surface area (Å²) in [5, 5.41) is 0. The second-order valence-electron chi connectivity index (χ2n) is 3.15. The van der Waals surface area contributed by atoms with Crippen molar-refractivity contribution in [2.24, 2.45) is 0 Å². The Morgan fingerprint density at radius 3 is 2.75 bits per heavy atom. The van der Waals surface area contributed by atoms with Crippen molar-refractivity contribution in [3.63, 3.8) is 0 Å². The van der Waals surface area contributed by atoms with Gasteiger partial charge in [-0.2, -0.15) is 0 Å². The number of alkyl halides is 2. The molecule has 88 valence electrons. The quantitative estimate of drug-likeness (QED) is 0.805. The van der Waals surface area contributed by atoms with Crippen LogP contribution in [0.15, 0.2) is 10.7 Å². The average Bonchev–Trinajstić information content (AvgIpc) is 2.21. The van der Waals surface area contributed by atoms with Gasteiger partial charge in [-0.25, -0.2) is 8.78 Å². The predicted molar refractivity (Wildman–Crippen MR) is 57.4 cm³/mol. The molecule has 0 radical (unpaired) electrons. The monoisotopic (exact) mass is 293 g/mol. The predicted octanol–water partition coefficient (Wildman–Crippen LogP) is 2.81. The summed E-state index contributed by atoms with van der Waals surface area (Å²) >= 11 is 3.01. The molecule has 1 aromatic rings. The zero-order chi connectivity index (χ0) is 12.3. The lowest BCUT2D eigenvalue weighted by molar-refractivity contribution is -0.139. The number of carbonyl (C=O) groups excluding carboxylic acids is 1. The molecular weight excluding hydrogens is 284 g/mol. The molecule has 0 bridgehead atoms. The van der Waals surface area contributed by atoms with Gasteiger partial charge in [0.25, 0.3) is 6.43 Å². The number of methoxy groups -OCH3 is 1. The molecule has 3 nitrogen and oxygen atoms in total. The van der Waals surface area contributed by atoms with Crippen LogP contribution in [0, 0.1) is 6.92 Å². The Kier molecular flexibility index (Phi) is 4.35. The van der Waals surface area contributed by atoms with Gasteiger partial charge >= 0.3 is 5.97 Å². The molecule has 0 aromatic carbocycles. The molecule has 16 heavy (non-hydrogen) atoms. The highest BCUT2D eigenvalue weighted by Crippen LogP contribution is 2.31. The van der Waals surface area contributed by atoms with Gasteiger partial charge in [-0.15, -0.1) is 0 Å². The Morgan fingerprint density at radius 2 is 2.25 bits per heavy atom. The van der Waals surface area contributed by atoms with Crippen LogP contribution in [-0.4, -0.2) is 18.1 Å². The standard InChI is InChI=1S/C10H10BrF2NO2/c1-5-7(3-8(15)16-2)14-4-6(11)9(5)10(12)13/h4,10H,3H2,1-2H3. The van der Waals surface area contributed by atoms with Crippen LogP contribution >= 0.6 is 15.9 Å². The van der Waals surface area contributed by atoms with E-state index in [1.807, 2.05) is 0 Å². The molecule has 0 unspecified atom stereocenters. The Balaban J connectivity index is 3.13. The molecule has 0 saturated carbocycles. The first kappa shape index (κ1) is 13.0. The van der Waals surface area contributed by atoms with Crippen LogP contribution in [-0.2, 0) is 16.0 Å². The van der Waals surface area contributed by atoms with Gasteiger partial charge in [0, 0.05) is 16.2 Å². The van der Waals surface area contributed by atoms with Crippen LogP contribution in [0.3, 0.4) is 0 Å². The van der Waals surface area contributed by atoms with Gasteiger partial charge in [-0.3, -0.25) is 9.78 Å². The molecule has 0 aliphatic carbocycles. The summed E-state index contributed by atoms with van der Waals surface area (Å²) in [4.78, 5) is 15.0. The molecule has 0 N–H and O–H groups in total. The van der Waals surface area contributed by atoms with E-state index in [0.29, 0.717) is 11.3 Å². The lowest BCUT2D eigenvalue weighted by Gasteiger charge is -2.11. The summed E-state index contributed by atoms with van der Waals surface area (Å²) in [5.41, 5.74) is 0.494. The van der Waals surface area contributed by atoms with Crippen molar-refractivity contribution in [2.45, 2.75) is 19.8 Å². The summed E-state index contributed by atoms with van der Waals surface area (Å²) in [6, 6.07) is 0. The number of aromatic nitrogens is 1. The van der Waals surface area contributed by atoms with Crippen LogP contribution in [0.1, 0.15) is 23.2 Å². The maximum atomic E-state index is 12.7. The summed E-state index contributed by atoms with van der Waals surface area (Å²) in [6.07, 6.45) is -1.43. The lowest BCUT2D eigenvalue weighted by atomic mass is 10.1. The van der Waals surface area contributed by atoms with Gasteiger partial charge in [0.1, 0.15) is 0 Å². The van der Waals surface area contributed by atoms with E-state index in [1.54, 1.807) is 0 Å². The van der Waals surface area contributed by atoms with Gasteiger partial charge in [-0.1, -0.05) is 0 Å². The molecule has 6 heteroatoms. The average molecular weight is 294 g/mol. The molecule has 0 aliphatic heterocycles. The van der Waals surface area contributed by atoms with E-state index in [1.165, 1.54) is 20.2 Å². The van der Waals surface area contributed by atoms with E-state index < -0.39 is 12.4 Å². The molecule has 0 aliphatic rings. The molecular formula is C10H10BrF2NO2. The molecule has 0 spiro atoms. The summed E-state index contributed by atoms with van der Waals surface area (Å²) in [5.74, 6) is -0.502. The highest BCUT2D eigenvalue weighted by Gasteiger charge is 2.19. The third-order valence-corrected chi connectivity index (χ3v) is 2.82. The molecule has 1 rings (SSSR count). The van der Waals surface area contributed by atoms with Crippen molar-refractivity contribution in [3.05, 3.63) is 27.5 Å². The van der Waals surface area contributed by atoms with E-state index in [0.717, 1.165) is 0 Å². The van der Waals surface area contributed by atoms with E-state index in [4.69, 9.17) is 0 Å². The number of halogens is 3. The number of nitrogens with zero attached hydrogens (tertiary/aromatic N) is 1. The van der Waals surface area contributed by atoms with Crippen molar-refractivity contribution in [3.8, 4) is 0 Å². The van der Waals surface area contributed by atoms with Crippen molar-refractivity contribution in [2.75, 3.05) is 7.11 Å². The summed E-state index contributed by atoms with van der Waals surface area (Å²) in [6.45, 7) is 1.51. The van der Waals surface area contributed by atoms with Crippen LogP contribution in [0.5, 0.6) is 0 Å². The largest absolute Gasteiger partial charge is 0.469 e. The van der Waals surface area contributed by atoms with Gasteiger partial charge in [0.15, 0.2) is 0 Å². The Labute approximate surface area is 99.9 Å². The minimum absolute atomic E-state index is 0.102. The number of ether oxygens (including phenoxy) is 1. The van der Waals surface area contributed by atoms with Crippen molar-refractivity contribution in [1.29, 1.82) is 0 Å². The second-order valence-corrected chi connectivity index (χ2v) is 4.00. The van der Waals surface area contributed by atoms with E-state index in [9.17, 15) is 13.6 Å². The normalized spacial score (nSPS) is 10.6. The Morgan fingerprint density at radius 1 is 1.62 bits per heavy atom. The van der Waals surface area contributed by atoms with Crippen LogP contribution in [0.25, 0.3) is 0 Å². The number of rotatable bonds is 3. The summed E-state index contributed by atoms with van der Waals surface area (Å²) < 4.78 is 30.1. The van der Waals surface area contributed by atoms with Crippen molar-refractivity contribution in [1.82, 2.24) is 4.98 Å². The molecule has 0 atom stereocenters. The lowest BCUT2D eigenvalue weighted by Crippen LogP contribution is -2.09. The minimum Gasteiger partial charge on any atom is -0.469 e. The molecule has 0 saturated heterocycles. The number of esters is 1. The Bertz CT molecular complexity index is 410. The van der Waals surface area contributed by atoms with Crippen molar-refractivity contribution < 1.29 is 18.3 Å². The molecule has 1 heterocycles. The van der Waals surface area contributed by atoms with Crippen LogP contribution in [0.2, 0.25) is 0 Å². The smallest absolute Gasteiger partial charge is 0.311 e. The van der Waals surface area contributed by atoms with Gasteiger partial charge in [-0.05, 0) is 28.4 Å². The van der Waals surface area contributed by atoms with Crippen LogP contribution < -0.4 is 0 Å². The topological polar surface area (TPSA) is 39.2 Å². The van der Waals surface area contributed by atoms with Crippen LogP contribution in [0.4, 0.5) is 8.78 Å². The maximum absolute atomic E-state index is 12.7. The maximum Gasteiger partial charge on any atom is 0.311 e. The number of carbonyl (C=O) groups is 1. The SMILES string of the molecule is COC(=O)Cc1ncc(Br)c(C(F)F)c1C. The fourth-order valence-electron chi connectivity index (χ4n) is 1.29. The first-order valence-electron chi connectivity index (χ1n) is 4.46. The minimum atomic E-state index is -2.60. The zero-order valence-electron chi connectivity index (χ0n) is 8.76. The van der Waals surface area contributed by atoms with Gasteiger partial charge < -0.3 is 4.74 Å². The fourth-order valence-corrected chi connectivity index (χ4v) is 1.86. The second kappa shape index (κ2) is 5.34. The summed E-state index contributed by atoms with van der Waals surface area (Å²) in [7, 11) is 1.24. The first-order valence-corrected chi connectivity index (χ1v) is 5.25.